The number of carbonyl (C=O) groups excluding carboxylic acids is 1. The Morgan fingerprint density at radius 2 is 1.89 bits per heavy atom. The third-order valence-corrected chi connectivity index (χ3v) is 3.01. The number of carbonyl (C=O) groups is 1. The van der Waals surface area contributed by atoms with Crippen molar-refractivity contribution < 1.29 is 9.53 Å². The molecule has 0 saturated heterocycles. The van der Waals surface area contributed by atoms with E-state index in [1.807, 2.05) is 34.9 Å². The summed E-state index contributed by atoms with van der Waals surface area (Å²) in [4.78, 5) is 11.7. The molecule has 0 radical (unpaired) electrons. The van der Waals surface area contributed by atoms with Gasteiger partial charge in [0, 0.05) is 12.2 Å². The Bertz CT molecular complexity index is 529. The average Bonchev–Trinajstić information content (AvgIpc) is 2.82. The van der Waals surface area contributed by atoms with Crippen LogP contribution in [0.25, 0.3) is 0 Å². The molecule has 18 heavy (non-hydrogen) atoms. The van der Waals surface area contributed by atoms with E-state index in [9.17, 15) is 4.79 Å². The van der Waals surface area contributed by atoms with Crippen LogP contribution in [0.3, 0.4) is 0 Å². The first-order chi connectivity index (χ1) is 8.76. The van der Waals surface area contributed by atoms with Crippen LogP contribution in [0.2, 0.25) is 0 Å². The second-order valence-electron chi connectivity index (χ2n) is 4.13. The van der Waals surface area contributed by atoms with Gasteiger partial charge < -0.3 is 9.30 Å². The summed E-state index contributed by atoms with van der Waals surface area (Å²) < 4.78 is 6.83. The second kappa shape index (κ2) is 5.54. The molecule has 0 spiro atoms. The zero-order chi connectivity index (χ0) is 13.0. The topological polar surface area (TPSA) is 31.2 Å². The molecule has 0 aliphatic heterocycles. The minimum absolute atomic E-state index is 0.286. The van der Waals surface area contributed by atoms with Crippen LogP contribution >= 0.6 is 0 Å². The molecule has 3 nitrogen and oxygen atoms in total. The van der Waals surface area contributed by atoms with Gasteiger partial charge in [-0.25, -0.2) is 4.79 Å². The Balaban J connectivity index is 2.36. The first kappa shape index (κ1) is 12.4. The van der Waals surface area contributed by atoms with E-state index in [0.29, 0.717) is 12.2 Å². The molecule has 2 rings (SSSR count). The first-order valence-corrected chi connectivity index (χ1v) is 6.07. The van der Waals surface area contributed by atoms with E-state index in [1.54, 1.807) is 0 Å². The van der Waals surface area contributed by atoms with Crippen LogP contribution in [-0.2, 0) is 17.7 Å². The van der Waals surface area contributed by atoms with E-state index >= 15 is 0 Å². The van der Waals surface area contributed by atoms with Crippen LogP contribution in [0.4, 0.5) is 0 Å². The lowest BCUT2D eigenvalue weighted by molar-refractivity contribution is 0.0588. The molecule has 2 aromatic rings. The molecule has 0 bridgehead atoms. The van der Waals surface area contributed by atoms with Gasteiger partial charge in [0.1, 0.15) is 5.69 Å². The Labute approximate surface area is 107 Å². The van der Waals surface area contributed by atoms with E-state index in [4.69, 9.17) is 4.74 Å². The summed E-state index contributed by atoms with van der Waals surface area (Å²) in [6.07, 6.45) is 0.893. The van der Waals surface area contributed by atoms with Crippen molar-refractivity contribution in [2.45, 2.75) is 19.9 Å². The second-order valence-corrected chi connectivity index (χ2v) is 4.13. The van der Waals surface area contributed by atoms with Crippen molar-refractivity contribution in [3.05, 3.63) is 59.4 Å². The summed E-state index contributed by atoms with van der Waals surface area (Å²) in [5.41, 5.74) is 2.92. The van der Waals surface area contributed by atoms with Crippen molar-refractivity contribution >= 4 is 5.97 Å². The zero-order valence-electron chi connectivity index (χ0n) is 10.7. The highest BCUT2D eigenvalue weighted by Gasteiger charge is 2.14. The number of aromatic nitrogens is 1. The van der Waals surface area contributed by atoms with Gasteiger partial charge in [-0.2, -0.15) is 0 Å². The Morgan fingerprint density at radius 3 is 2.50 bits per heavy atom. The van der Waals surface area contributed by atoms with Crippen LogP contribution in [0.5, 0.6) is 0 Å². The third kappa shape index (κ3) is 2.45. The van der Waals surface area contributed by atoms with E-state index in [2.05, 4.69) is 19.1 Å². The largest absolute Gasteiger partial charge is 0.464 e. The van der Waals surface area contributed by atoms with Crippen LogP contribution in [0, 0.1) is 0 Å². The highest BCUT2D eigenvalue weighted by molar-refractivity contribution is 5.87. The fraction of sp³-hybridized carbons (Fsp3) is 0.267. The summed E-state index contributed by atoms with van der Waals surface area (Å²) >= 11 is 0. The summed E-state index contributed by atoms with van der Waals surface area (Å²) in [5, 5.41) is 0. The molecule has 1 aromatic carbocycles. The molecule has 0 fully saturated rings. The number of aryl methyl sites for hydroxylation is 1. The zero-order valence-corrected chi connectivity index (χ0v) is 10.7. The van der Waals surface area contributed by atoms with Crippen molar-refractivity contribution in [3.63, 3.8) is 0 Å². The standard InChI is InChI=1S/C15H17NO2/c1-3-13-9-10-14(15(17)18-2)16(13)11-12-7-5-4-6-8-12/h4-10H,3,11H2,1-2H3. The number of ether oxygens (including phenoxy) is 1. The maximum Gasteiger partial charge on any atom is 0.354 e. The molecule has 0 saturated carbocycles. The van der Waals surface area contributed by atoms with Crippen molar-refractivity contribution in [3.8, 4) is 0 Å². The van der Waals surface area contributed by atoms with Gasteiger partial charge in [-0.05, 0) is 24.1 Å². The van der Waals surface area contributed by atoms with Gasteiger partial charge in [0.05, 0.1) is 7.11 Å². The monoisotopic (exact) mass is 243 g/mol. The SMILES string of the molecule is CCc1ccc(C(=O)OC)n1Cc1ccccc1. The minimum Gasteiger partial charge on any atom is -0.464 e. The molecule has 1 aromatic heterocycles. The third-order valence-electron chi connectivity index (χ3n) is 3.01. The van der Waals surface area contributed by atoms with Crippen molar-refractivity contribution in [2.75, 3.05) is 7.11 Å². The maximum absolute atomic E-state index is 11.7. The normalized spacial score (nSPS) is 10.3. The molecule has 0 atom stereocenters. The lowest BCUT2D eigenvalue weighted by Crippen LogP contribution is -2.13. The maximum atomic E-state index is 11.7. The number of esters is 1. The fourth-order valence-electron chi connectivity index (χ4n) is 2.05. The number of nitrogens with zero attached hydrogens (tertiary/aromatic N) is 1. The van der Waals surface area contributed by atoms with Gasteiger partial charge >= 0.3 is 5.97 Å². The van der Waals surface area contributed by atoms with Gasteiger partial charge in [-0.3, -0.25) is 0 Å². The predicted octanol–water partition coefficient (Wildman–Crippen LogP) is 2.89. The number of hydrogen-bond donors (Lipinski definition) is 0. The Hall–Kier alpha value is -2.03. The minimum atomic E-state index is -0.286. The Kier molecular flexibility index (Phi) is 3.82. The predicted molar refractivity (Wildman–Crippen MR) is 70.7 cm³/mol. The molecule has 3 heteroatoms. The molecular weight excluding hydrogens is 226 g/mol. The molecule has 94 valence electrons. The number of rotatable bonds is 4. The first-order valence-electron chi connectivity index (χ1n) is 6.07. The van der Waals surface area contributed by atoms with Crippen molar-refractivity contribution in [1.29, 1.82) is 0 Å². The molecule has 0 amide bonds. The van der Waals surface area contributed by atoms with E-state index < -0.39 is 0 Å². The average molecular weight is 243 g/mol. The molecular formula is C15H17NO2. The van der Waals surface area contributed by atoms with Crippen LogP contribution in [0.1, 0.15) is 28.7 Å². The van der Waals surface area contributed by atoms with Gasteiger partial charge in [0.25, 0.3) is 0 Å². The number of hydrogen-bond acceptors (Lipinski definition) is 2. The smallest absolute Gasteiger partial charge is 0.354 e. The lowest BCUT2D eigenvalue weighted by Gasteiger charge is -2.11. The highest BCUT2D eigenvalue weighted by atomic mass is 16.5. The molecule has 0 N–H and O–H groups in total. The summed E-state index contributed by atoms with van der Waals surface area (Å²) in [7, 11) is 1.41. The van der Waals surface area contributed by atoms with Gasteiger partial charge in [-0.1, -0.05) is 37.3 Å². The molecule has 0 aliphatic carbocycles. The van der Waals surface area contributed by atoms with Gasteiger partial charge in [-0.15, -0.1) is 0 Å². The van der Waals surface area contributed by atoms with Crippen LogP contribution in [0.15, 0.2) is 42.5 Å². The highest BCUT2D eigenvalue weighted by Crippen LogP contribution is 2.14. The van der Waals surface area contributed by atoms with Crippen LogP contribution in [-0.4, -0.2) is 17.6 Å². The fourth-order valence-corrected chi connectivity index (χ4v) is 2.05. The lowest BCUT2D eigenvalue weighted by atomic mass is 10.2. The van der Waals surface area contributed by atoms with E-state index in [0.717, 1.165) is 12.1 Å². The Morgan fingerprint density at radius 1 is 1.17 bits per heavy atom. The quantitative estimate of drug-likeness (QED) is 0.773. The number of methoxy groups -OCH3 is 1. The van der Waals surface area contributed by atoms with Crippen molar-refractivity contribution in [1.82, 2.24) is 4.57 Å². The van der Waals surface area contributed by atoms with Crippen LogP contribution < -0.4 is 0 Å². The van der Waals surface area contributed by atoms with Gasteiger partial charge in [0.2, 0.25) is 0 Å². The van der Waals surface area contributed by atoms with E-state index in [1.165, 1.54) is 12.7 Å². The molecule has 0 aliphatic rings. The van der Waals surface area contributed by atoms with E-state index in [-0.39, 0.29) is 5.97 Å². The molecule has 1 heterocycles. The molecule has 0 unspecified atom stereocenters. The summed E-state index contributed by atoms with van der Waals surface area (Å²) in [6.45, 7) is 2.78. The van der Waals surface area contributed by atoms with Crippen molar-refractivity contribution in [2.24, 2.45) is 0 Å². The van der Waals surface area contributed by atoms with Gasteiger partial charge in [0.15, 0.2) is 0 Å². The summed E-state index contributed by atoms with van der Waals surface area (Å²) in [6, 6.07) is 13.9. The number of benzene rings is 1. The summed E-state index contributed by atoms with van der Waals surface area (Å²) in [5.74, 6) is -0.286.